The summed E-state index contributed by atoms with van der Waals surface area (Å²) >= 11 is 0. The number of rotatable bonds is 78. The first-order chi connectivity index (χ1) is 47.4. The molecule has 0 aliphatic carbocycles. The number of ether oxygens (including phenoxy) is 4. The van der Waals surface area contributed by atoms with E-state index in [-0.39, 0.29) is 25.7 Å². The minimum Gasteiger partial charge on any atom is -0.462 e. The topological polar surface area (TPSA) is 237 Å². The second-order valence-electron chi connectivity index (χ2n) is 29.4. The summed E-state index contributed by atoms with van der Waals surface area (Å²) in [5.74, 6) is -0.553. The Morgan fingerprint density at radius 2 is 0.469 bits per heavy atom. The van der Waals surface area contributed by atoms with Gasteiger partial charge in [-0.25, -0.2) is 9.13 Å². The van der Waals surface area contributed by atoms with E-state index in [9.17, 15) is 43.2 Å². The molecule has 0 heterocycles. The van der Waals surface area contributed by atoms with E-state index in [1.54, 1.807) is 0 Å². The van der Waals surface area contributed by atoms with E-state index in [0.717, 1.165) is 102 Å². The summed E-state index contributed by atoms with van der Waals surface area (Å²) in [6.07, 6.45) is 59.6. The number of esters is 4. The predicted molar refractivity (Wildman–Crippen MR) is 400 cm³/mol. The Balaban J connectivity index is 5.21. The Labute approximate surface area is 600 Å². The van der Waals surface area contributed by atoms with Gasteiger partial charge in [-0.2, -0.15) is 0 Å². The first kappa shape index (κ1) is 96.1. The zero-order valence-corrected chi connectivity index (χ0v) is 65.9. The van der Waals surface area contributed by atoms with Gasteiger partial charge in [-0.15, -0.1) is 0 Å². The molecule has 0 aromatic heterocycles. The lowest BCUT2D eigenvalue weighted by Crippen LogP contribution is -2.30. The highest BCUT2D eigenvalue weighted by Gasteiger charge is 2.30. The molecule has 0 aromatic carbocycles. The van der Waals surface area contributed by atoms with Crippen LogP contribution in [-0.4, -0.2) is 96.7 Å². The van der Waals surface area contributed by atoms with Crippen molar-refractivity contribution in [1.29, 1.82) is 0 Å². The van der Waals surface area contributed by atoms with Crippen LogP contribution in [0.2, 0.25) is 0 Å². The van der Waals surface area contributed by atoms with Crippen molar-refractivity contribution in [3.8, 4) is 0 Å². The molecule has 0 amide bonds. The summed E-state index contributed by atoms with van der Waals surface area (Å²) in [5, 5.41) is 10.6. The zero-order valence-electron chi connectivity index (χ0n) is 64.1. The van der Waals surface area contributed by atoms with Gasteiger partial charge in [-0.05, 0) is 37.5 Å². The van der Waals surface area contributed by atoms with E-state index < -0.39 is 97.5 Å². The molecule has 582 valence electrons. The molecule has 19 heteroatoms. The first-order valence-electron chi connectivity index (χ1n) is 41.0. The molecule has 0 aliphatic heterocycles. The summed E-state index contributed by atoms with van der Waals surface area (Å²) in [5.41, 5.74) is 0. The zero-order chi connectivity index (χ0) is 72.1. The smallest absolute Gasteiger partial charge is 0.462 e. The highest BCUT2D eigenvalue weighted by atomic mass is 31.2. The van der Waals surface area contributed by atoms with Crippen molar-refractivity contribution in [1.82, 2.24) is 0 Å². The number of hydrogen-bond donors (Lipinski definition) is 3. The maximum absolute atomic E-state index is 13.1. The third-order valence-corrected chi connectivity index (χ3v) is 20.4. The molecular formula is C79H154O17P2. The maximum atomic E-state index is 13.1. The average Bonchev–Trinajstić information content (AvgIpc) is 1.09. The van der Waals surface area contributed by atoms with Crippen molar-refractivity contribution >= 4 is 39.5 Å². The lowest BCUT2D eigenvalue weighted by Gasteiger charge is -2.21. The first-order valence-corrected chi connectivity index (χ1v) is 44.0. The van der Waals surface area contributed by atoms with Crippen molar-refractivity contribution in [2.75, 3.05) is 39.6 Å². The summed E-state index contributed by atoms with van der Waals surface area (Å²) in [6, 6.07) is 0. The molecule has 0 aliphatic rings. The average molecular weight is 1440 g/mol. The fourth-order valence-electron chi connectivity index (χ4n) is 12.2. The van der Waals surface area contributed by atoms with Crippen LogP contribution in [0.25, 0.3) is 0 Å². The van der Waals surface area contributed by atoms with Gasteiger partial charge in [-0.1, -0.05) is 363 Å². The molecule has 0 saturated heterocycles. The van der Waals surface area contributed by atoms with Crippen molar-refractivity contribution in [3.63, 3.8) is 0 Å². The van der Waals surface area contributed by atoms with Crippen molar-refractivity contribution < 1.29 is 80.2 Å². The molecule has 98 heavy (non-hydrogen) atoms. The van der Waals surface area contributed by atoms with Crippen LogP contribution >= 0.6 is 15.6 Å². The fourth-order valence-corrected chi connectivity index (χ4v) is 13.8. The predicted octanol–water partition coefficient (Wildman–Crippen LogP) is 23.5. The van der Waals surface area contributed by atoms with Gasteiger partial charge in [0.2, 0.25) is 0 Å². The van der Waals surface area contributed by atoms with Gasteiger partial charge in [0.1, 0.15) is 19.3 Å². The molecule has 0 aromatic rings. The van der Waals surface area contributed by atoms with Crippen LogP contribution in [0.4, 0.5) is 0 Å². The van der Waals surface area contributed by atoms with Crippen molar-refractivity contribution in [2.24, 2.45) is 11.8 Å². The number of hydrogen-bond acceptors (Lipinski definition) is 15. The molecular weight excluding hydrogens is 1280 g/mol. The third kappa shape index (κ3) is 72.4. The Kier molecular flexibility index (Phi) is 69.3. The number of aliphatic hydroxyl groups is 1. The molecule has 0 fully saturated rings. The van der Waals surface area contributed by atoms with E-state index in [4.69, 9.17) is 37.0 Å². The normalized spacial score (nSPS) is 13.9. The Morgan fingerprint density at radius 1 is 0.276 bits per heavy atom. The van der Waals surface area contributed by atoms with E-state index in [1.807, 2.05) is 0 Å². The minimum absolute atomic E-state index is 0.106. The summed E-state index contributed by atoms with van der Waals surface area (Å²) in [4.78, 5) is 72.9. The minimum atomic E-state index is -4.96. The number of unbranched alkanes of at least 4 members (excludes halogenated alkanes) is 48. The highest BCUT2D eigenvalue weighted by molar-refractivity contribution is 7.47. The standard InChI is InChI=1S/C79H154O17P2/c1-7-9-11-13-15-17-19-27-32-38-44-50-56-62-77(82)90-67-74(95-78(83)63-57-51-45-39-33-29-26-24-22-21-23-25-28-30-35-41-47-53-59-71(3)4)69-93-97(85,86)91-65-73(80)66-92-98(87,88)94-70-75(96-79(84)64-58-52-46-40-34-36-42-48-54-60-72(5)6)68-89-76(81)61-55-49-43-37-31-20-18-16-14-12-10-8-2/h71-75,80H,7-70H2,1-6H3,(H,85,86)(H,87,88)/t73-,74-,75-/m1/s1. The molecule has 0 radical (unpaired) electrons. The van der Waals surface area contributed by atoms with Gasteiger partial charge in [-0.3, -0.25) is 37.3 Å². The van der Waals surface area contributed by atoms with Gasteiger partial charge >= 0.3 is 39.5 Å². The highest BCUT2D eigenvalue weighted by Crippen LogP contribution is 2.45. The van der Waals surface area contributed by atoms with Crippen LogP contribution in [0, 0.1) is 11.8 Å². The van der Waals surface area contributed by atoms with Crippen LogP contribution in [0.3, 0.4) is 0 Å². The van der Waals surface area contributed by atoms with E-state index >= 15 is 0 Å². The van der Waals surface area contributed by atoms with Gasteiger partial charge in [0, 0.05) is 25.7 Å². The summed E-state index contributed by atoms with van der Waals surface area (Å²) in [6.45, 7) is 9.63. The lowest BCUT2D eigenvalue weighted by molar-refractivity contribution is -0.161. The number of aliphatic hydroxyl groups excluding tert-OH is 1. The van der Waals surface area contributed by atoms with Gasteiger partial charge < -0.3 is 33.8 Å². The van der Waals surface area contributed by atoms with Gasteiger partial charge in [0.05, 0.1) is 26.4 Å². The van der Waals surface area contributed by atoms with Crippen LogP contribution in [-0.2, 0) is 65.4 Å². The van der Waals surface area contributed by atoms with Crippen LogP contribution in [0.1, 0.15) is 414 Å². The van der Waals surface area contributed by atoms with E-state index in [2.05, 4.69) is 41.5 Å². The number of carbonyl (C=O) groups is 4. The van der Waals surface area contributed by atoms with Crippen LogP contribution in [0.5, 0.6) is 0 Å². The Morgan fingerprint density at radius 3 is 0.694 bits per heavy atom. The van der Waals surface area contributed by atoms with Gasteiger partial charge in [0.25, 0.3) is 0 Å². The van der Waals surface area contributed by atoms with Gasteiger partial charge in [0.15, 0.2) is 12.2 Å². The third-order valence-electron chi connectivity index (χ3n) is 18.5. The van der Waals surface area contributed by atoms with E-state index in [1.165, 1.54) is 231 Å². The monoisotopic (exact) mass is 1440 g/mol. The Bertz CT molecular complexity index is 1890. The van der Waals surface area contributed by atoms with E-state index in [0.29, 0.717) is 25.7 Å². The summed E-state index contributed by atoms with van der Waals surface area (Å²) in [7, 11) is -9.91. The molecule has 0 bridgehead atoms. The number of carbonyl (C=O) groups excluding carboxylic acids is 4. The molecule has 17 nitrogen and oxygen atoms in total. The second-order valence-corrected chi connectivity index (χ2v) is 32.3. The fraction of sp³-hybridized carbons (Fsp3) is 0.949. The maximum Gasteiger partial charge on any atom is 0.472 e. The molecule has 0 spiro atoms. The van der Waals surface area contributed by atoms with Crippen molar-refractivity contribution in [2.45, 2.75) is 432 Å². The molecule has 0 rings (SSSR count). The molecule has 0 saturated carbocycles. The Hall–Kier alpha value is -1.94. The van der Waals surface area contributed by atoms with Crippen molar-refractivity contribution in [3.05, 3.63) is 0 Å². The van der Waals surface area contributed by atoms with Crippen LogP contribution in [0.15, 0.2) is 0 Å². The molecule has 3 N–H and O–H groups in total. The quantitative estimate of drug-likeness (QED) is 0.0222. The number of phosphoric ester groups is 2. The number of phosphoric acid groups is 2. The molecule has 2 unspecified atom stereocenters. The van der Waals surface area contributed by atoms with Crippen LogP contribution < -0.4 is 0 Å². The molecule has 5 atom stereocenters. The summed E-state index contributed by atoms with van der Waals surface area (Å²) < 4.78 is 68.6. The second kappa shape index (κ2) is 70.7. The lowest BCUT2D eigenvalue weighted by atomic mass is 10.0. The SMILES string of the molecule is CCCCCCCCCCCCCCCC(=O)OC[C@H](COP(=O)(O)OC[C@@H](O)COP(=O)(O)OC[C@@H](COC(=O)CCCCCCCCCCCCCC)OC(=O)CCCCCCCCCCCC(C)C)OC(=O)CCCCCCCCCCCCCCCCCCCCC(C)C. The largest absolute Gasteiger partial charge is 0.472 e.